The first-order chi connectivity index (χ1) is 11.2. The van der Waals surface area contributed by atoms with Crippen LogP contribution in [0.15, 0.2) is 60.7 Å². The lowest BCUT2D eigenvalue weighted by Crippen LogP contribution is -2.38. The van der Waals surface area contributed by atoms with Crippen molar-refractivity contribution in [2.45, 2.75) is 31.8 Å². The predicted octanol–water partition coefficient (Wildman–Crippen LogP) is 4.47. The smallest absolute Gasteiger partial charge is 0.116 e. The van der Waals surface area contributed by atoms with Gasteiger partial charge in [0.15, 0.2) is 0 Å². The van der Waals surface area contributed by atoms with Gasteiger partial charge in [0.05, 0.1) is 0 Å². The number of benzene rings is 2. The average Bonchev–Trinajstić information content (AvgIpc) is 2.62. The minimum atomic E-state index is -0.911. The molecule has 0 aliphatic carbocycles. The van der Waals surface area contributed by atoms with E-state index in [0.29, 0.717) is 0 Å². The van der Waals surface area contributed by atoms with Crippen molar-refractivity contribution >= 4 is 12.4 Å². The fourth-order valence-electron chi connectivity index (χ4n) is 3.49. The molecule has 1 aliphatic heterocycles. The molecule has 0 radical (unpaired) electrons. The van der Waals surface area contributed by atoms with Crippen LogP contribution in [0.4, 0.5) is 0 Å². The summed E-state index contributed by atoms with van der Waals surface area (Å²) >= 11 is 0. The van der Waals surface area contributed by atoms with E-state index < -0.39 is 5.60 Å². The Hall–Kier alpha value is -1.35. The van der Waals surface area contributed by atoms with Crippen molar-refractivity contribution in [1.82, 2.24) is 4.90 Å². The summed E-state index contributed by atoms with van der Waals surface area (Å²) in [5.41, 5.74) is 1.05. The lowest BCUT2D eigenvalue weighted by Gasteiger charge is -2.35. The van der Waals surface area contributed by atoms with Gasteiger partial charge in [-0.3, -0.25) is 0 Å². The molecule has 1 aliphatic rings. The van der Waals surface area contributed by atoms with Crippen LogP contribution in [0.25, 0.3) is 0 Å². The second-order valence-electron chi connectivity index (χ2n) is 6.87. The monoisotopic (exact) mass is 345 g/mol. The molecule has 0 atom stereocenters. The third-order valence-corrected chi connectivity index (χ3v) is 5.17. The Morgan fingerprint density at radius 3 is 1.83 bits per heavy atom. The fraction of sp³-hybridized carbons (Fsp3) is 0.429. The van der Waals surface area contributed by atoms with Crippen LogP contribution in [0.5, 0.6) is 0 Å². The lowest BCUT2D eigenvalue weighted by atomic mass is 9.83. The quantitative estimate of drug-likeness (QED) is 0.864. The van der Waals surface area contributed by atoms with Gasteiger partial charge >= 0.3 is 0 Å². The summed E-state index contributed by atoms with van der Waals surface area (Å²) in [6.45, 7) is 5.58. The first-order valence-corrected chi connectivity index (χ1v) is 8.74. The molecule has 2 nitrogen and oxygen atoms in total. The maximum absolute atomic E-state index is 11.5. The number of hydrogen-bond donors (Lipinski definition) is 1. The normalized spacial score (nSPS) is 16.6. The van der Waals surface area contributed by atoms with Gasteiger partial charge in [-0.15, -0.1) is 12.4 Å². The Bertz CT molecular complexity index is 554. The Balaban J connectivity index is 0.00000208. The highest BCUT2D eigenvalue weighted by atomic mass is 35.5. The summed E-state index contributed by atoms with van der Waals surface area (Å²) in [5.74, 6) is 0.841. The molecule has 130 valence electrons. The molecule has 1 saturated heterocycles. The van der Waals surface area contributed by atoms with E-state index in [4.69, 9.17) is 0 Å². The third-order valence-electron chi connectivity index (χ3n) is 5.17. The number of nitrogens with zero attached hydrogens (tertiary/aromatic N) is 1. The maximum atomic E-state index is 11.5. The van der Waals surface area contributed by atoms with Crippen LogP contribution in [0, 0.1) is 5.92 Å². The van der Waals surface area contributed by atoms with Crippen LogP contribution >= 0.6 is 12.4 Å². The van der Waals surface area contributed by atoms with Crippen molar-refractivity contribution in [3.63, 3.8) is 0 Å². The zero-order valence-electron chi connectivity index (χ0n) is 14.4. The molecule has 0 unspecified atom stereocenters. The van der Waals surface area contributed by atoms with Crippen LogP contribution in [-0.4, -0.2) is 29.6 Å². The molecule has 1 fully saturated rings. The van der Waals surface area contributed by atoms with E-state index in [1.807, 2.05) is 60.7 Å². The second-order valence-corrected chi connectivity index (χ2v) is 6.87. The van der Waals surface area contributed by atoms with E-state index in [-0.39, 0.29) is 12.4 Å². The van der Waals surface area contributed by atoms with Crippen molar-refractivity contribution in [2.24, 2.45) is 5.92 Å². The minimum Gasteiger partial charge on any atom is -0.380 e. The molecule has 24 heavy (non-hydrogen) atoms. The predicted molar refractivity (Wildman–Crippen MR) is 103 cm³/mol. The van der Waals surface area contributed by atoms with Gasteiger partial charge in [0.25, 0.3) is 0 Å². The zero-order valence-corrected chi connectivity index (χ0v) is 15.2. The molecule has 0 amide bonds. The maximum Gasteiger partial charge on any atom is 0.116 e. The van der Waals surface area contributed by atoms with Gasteiger partial charge in [-0.05, 0) is 49.4 Å². The van der Waals surface area contributed by atoms with Crippen molar-refractivity contribution < 1.29 is 5.11 Å². The zero-order chi connectivity index (χ0) is 16.1. The Morgan fingerprint density at radius 1 is 0.917 bits per heavy atom. The summed E-state index contributed by atoms with van der Waals surface area (Å²) < 4.78 is 0. The number of likely N-dealkylation sites (tertiary alicyclic amines) is 1. The first kappa shape index (κ1) is 19.0. The Labute approximate surface area is 151 Å². The van der Waals surface area contributed by atoms with Crippen LogP contribution in [0.1, 0.15) is 37.3 Å². The van der Waals surface area contributed by atoms with Crippen molar-refractivity contribution in [2.75, 3.05) is 19.6 Å². The molecule has 0 spiro atoms. The number of aliphatic hydroxyl groups is 1. The van der Waals surface area contributed by atoms with Crippen LogP contribution in [0.3, 0.4) is 0 Å². The van der Waals surface area contributed by atoms with Crippen LogP contribution < -0.4 is 0 Å². The van der Waals surface area contributed by atoms with Gasteiger partial charge in [0, 0.05) is 6.54 Å². The number of hydrogen-bond acceptors (Lipinski definition) is 2. The highest BCUT2D eigenvalue weighted by molar-refractivity contribution is 5.85. The van der Waals surface area contributed by atoms with Gasteiger partial charge in [0.1, 0.15) is 5.60 Å². The van der Waals surface area contributed by atoms with Crippen molar-refractivity contribution in [1.29, 1.82) is 0 Å². The van der Waals surface area contributed by atoms with E-state index in [2.05, 4.69) is 11.8 Å². The Morgan fingerprint density at radius 2 is 1.38 bits per heavy atom. The summed E-state index contributed by atoms with van der Waals surface area (Å²) in [4.78, 5) is 2.50. The lowest BCUT2D eigenvalue weighted by molar-refractivity contribution is 0.0522. The fourth-order valence-corrected chi connectivity index (χ4v) is 3.49. The molecule has 3 rings (SSSR count). The molecule has 1 N–H and O–H groups in total. The molecule has 0 saturated carbocycles. The average molecular weight is 346 g/mol. The van der Waals surface area contributed by atoms with Crippen molar-refractivity contribution in [3.05, 3.63) is 71.8 Å². The molecule has 3 heteroatoms. The van der Waals surface area contributed by atoms with E-state index in [0.717, 1.165) is 43.1 Å². The number of piperidine rings is 1. The first-order valence-electron chi connectivity index (χ1n) is 8.74. The van der Waals surface area contributed by atoms with Gasteiger partial charge in [-0.2, -0.15) is 0 Å². The summed E-state index contributed by atoms with van der Waals surface area (Å²) in [6, 6.07) is 20.2. The SMILES string of the molecule is CC1CCN(CCC(O)(c2ccccc2)c2ccccc2)CC1.Cl. The second kappa shape index (κ2) is 8.66. The van der Waals surface area contributed by atoms with Gasteiger partial charge in [-0.1, -0.05) is 67.6 Å². The van der Waals surface area contributed by atoms with E-state index >= 15 is 0 Å². The third kappa shape index (κ3) is 4.38. The van der Waals surface area contributed by atoms with Gasteiger partial charge in [0.2, 0.25) is 0 Å². The largest absolute Gasteiger partial charge is 0.380 e. The molecule has 0 bridgehead atoms. The highest BCUT2D eigenvalue weighted by Gasteiger charge is 2.32. The molecular weight excluding hydrogens is 318 g/mol. The standard InChI is InChI=1S/C21H27NO.ClH/c1-18-12-15-22(16-13-18)17-14-21(23,19-8-4-2-5-9-19)20-10-6-3-7-11-20;/h2-11,18,23H,12-17H2,1H3;1H. The van der Waals surface area contributed by atoms with E-state index in [9.17, 15) is 5.11 Å². The molecular formula is C21H28ClNO. The molecule has 1 heterocycles. The van der Waals surface area contributed by atoms with E-state index in [1.165, 1.54) is 12.8 Å². The minimum absolute atomic E-state index is 0. The van der Waals surface area contributed by atoms with Crippen molar-refractivity contribution in [3.8, 4) is 0 Å². The summed E-state index contributed by atoms with van der Waals surface area (Å²) in [5, 5.41) is 11.5. The topological polar surface area (TPSA) is 23.5 Å². The Kier molecular flexibility index (Phi) is 6.85. The van der Waals surface area contributed by atoms with Crippen LogP contribution in [0.2, 0.25) is 0 Å². The molecule has 2 aromatic carbocycles. The van der Waals surface area contributed by atoms with Gasteiger partial charge < -0.3 is 10.0 Å². The van der Waals surface area contributed by atoms with Crippen LogP contribution in [-0.2, 0) is 5.60 Å². The number of rotatable bonds is 5. The van der Waals surface area contributed by atoms with E-state index in [1.54, 1.807) is 0 Å². The highest BCUT2D eigenvalue weighted by Crippen LogP contribution is 2.33. The molecule has 0 aromatic heterocycles. The van der Waals surface area contributed by atoms with Gasteiger partial charge in [-0.25, -0.2) is 0 Å². The summed E-state index contributed by atoms with van der Waals surface area (Å²) in [7, 11) is 0. The molecule has 2 aromatic rings. The number of halogens is 1. The summed E-state index contributed by atoms with van der Waals surface area (Å²) in [6.07, 6.45) is 3.28.